The molecule has 3 aromatic carbocycles. The molecular formula is C32H30FN5O4. The van der Waals surface area contributed by atoms with Gasteiger partial charge in [0, 0.05) is 38.3 Å². The maximum absolute atomic E-state index is 14.6. The molecule has 1 aromatic heterocycles. The van der Waals surface area contributed by atoms with Gasteiger partial charge in [0.05, 0.1) is 11.3 Å². The summed E-state index contributed by atoms with van der Waals surface area (Å²) in [4.78, 5) is 32.1. The SMILES string of the molecule is Cc1ccc(-c2ccc(N3CCN(C(=O)CN(Cc4ccc5c(c4)OCO5)C(=O)c4ccccc4F)CC3)nn2)cc1. The van der Waals surface area contributed by atoms with E-state index in [-0.39, 0.29) is 31.4 Å². The molecule has 0 radical (unpaired) electrons. The van der Waals surface area contributed by atoms with E-state index in [4.69, 9.17) is 9.47 Å². The number of fused-ring (bicyclic) bond motifs is 1. The fraction of sp³-hybridized carbons (Fsp3) is 0.250. The minimum absolute atomic E-state index is 0.0801. The van der Waals surface area contributed by atoms with Gasteiger partial charge in [0.2, 0.25) is 12.7 Å². The Labute approximate surface area is 243 Å². The van der Waals surface area contributed by atoms with Crippen molar-refractivity contribution in [1.29, 1.82) is 0 Å². The van der Waals surface area contributed by atoms with Gasteiger partial charge in [-0.05, 0) is 48.9 Å². The Balaban J connectivity index is 1.11. The number of carbonyl (C=O) groups is 2. The highest BCUT2D eigenvalue weighted by Gasteiger charge is 2.27. The van der Waals surface area contributed by atoms with E-state index in [9.17, 15) is 14.0 Å². The van der Waals surface area contributed by atoms with Crippen molar-refractivity contribution >= 4 is 17.6 Å². The molecule has 4 aromatic rings. The van der Waals surface area contributed by atoms with E-state index in [2.05, 4.69) is 15.1 Å². The number of carbonyl (C=O) groups excluding carboxylic acids is 2. The minimum Gasteiger partial charge on any atom is -0.454 e. The lowest BCUT2D eigenvalue weighted by atomic mass is 10.1. The summed E-state index contributed by atoms with van der Waals surface area (Å²) in [6.45, 7) is 4.18. The molecule has 0 atom stereocenters. The Bertz CT molecular complexity index is 1590. The number of hydrogen-bond donors (Lipinski definition) is 0. The van der Waals surface area contributed by atoms with Crippen LogP contribution in [0.3, 0.4) is 0 Å². The zero-order chi connectivity index (χ0) is 29.1. The fourth-order valence-corrected chi connectivity index (χ4v) is 5.08. The molecular weight excluding hydrogens is 537 g/mol. The number of rotatable bonds is 7. The Morgan fingerprint density at radius 3 is 2.38 bits per heavy atom. The second kappa shape index (κ2) is 11.9. The Hall–Kier alpha value is -4.99. The van der Waals surface area contributed by atoms with E-state index < -0.39 is 11.7 Å². The summed E-state index contributed by atoms with van der Waals surface area (Å²) in [6.07, 6.45) is 0. The number of ether oxygens (including phenoxy) is 2. The van der Waals surface area contributed by atoms with Crippen molar-refractivity contribution in [2.24, 2.45) is 0 Å². The van der Waals surface area contributed by atoms with Crippen LogP contribution in [0.4, 0.5) is 10.2 Å². The molecule has 6 rings (SSSR count). The van der Waals surface area contributed by atoms with E-state index >= 15 is 0 Å². The molecule has 2 amide bonds. The first-order chi connectivity index (χ1) is 20.4. The van der Waals surface area contributed by atoms with Crippen LogP contribution in [-0.2, 0) is 11.3 Å². The van der Waals surface area contributed by atoms with Gasteiger partial charge in [0.25, 0.3) is 5.91 Å². The Kier molecular flexibility index (Phi) is 7.68. The van der Waals surface area contributed by atoms with Gasteiger partial charge >= 0.3 is 0 Å². The topological polar surface area (TPSA) is 88.1 Å². The summed E-state index contributed by atoms with van der Waals surface area (Å²) >= 11 is 0. The molecule has 9 nitrogen and oxygen atoms in total. The molecule has 2 aliphatic rings. The van der Waals surface area contributed by atoms with E-state index in [0.29, 0.717) is 37.7 Å². The number of halogens is 1. The largest absolute Gasteiger partial charge is 0.454 e. The van der Waals surface area contributed by atoms with Gasteiger partial charge in [0.1, 0.15) is 12.4 Å². The lowest BCUT2D eigenvalue weighted by Crippen LogP contribution is -2.52. The summed E-state index contributed by atoms with van der Waals surface area (Å²) in [5.41, 5.74) is 3.65. The van der Waals surface area contributed by atoms with E-state index in [1.807, 2.05) is 49.4 Å². The number of amides is 2. The highest BCUT2D eigenvalue weighted by molar-refractivity contribution is 5.96. The zero-order valence-electron chi connectivity index (χ0n) is 23.2. The number of piperazine rings is 1. The number of benzene rings is 3. The van der Waals surface area contributed by atoms with Gasteiger partial charge in [-0.25, -0.2) is 4.39 Å². The first kappa shape index (κ1) is 27.2. The van der Waals surface area contributed by atoms with Gasteiger partial charge in [-0.3, -0.25) is 9.59 Å². The Morgan fingerprint density at radius 2 is 1.64 bits per heavy atom. The molecule has 42 heavy (non-hydrogen) atoms. The van der Waals surface area contributed by atoms with Crippen LogP contribution in [0, 0.1) is 12.7 Å². The van der Waals surface area contributed by atoms with Gasteiger partial charge < -0.3 is 24.2 Å². The molecule has 10 heteroatoms. The number of nitrogens with zero attached hydrogens (tertiary/aromatic N) is 5. The predicted molar refractivity (Wildman–Crippen MR) is 155 cm³/mol. The van der Waals surface area contributed by atoms with Crippen LogP contribution in [0.2, 0.25) is 0 Å². The van der Waals surface area contributed by atoms with Crippen LogP contribution in [0.25, 0.3) is 11.3 Å². The lowest BCUT2D eigenvalue weighted by molar-refractivity contribution is -0.132. The molecule has 3 heterocycles. The van der Waals surface area contributed by atoms with Crippen molar-refractivity contribution < 1.29 is 23.5 Å². The van der Waals surface area contributed by atoms with E-state index in [0.717, 1.165) is 22.6 Å². The molecule has 0 N–H and O–H groups in total. The lowest BCUT2D eigenvalue weighted by Gasteiger charge is -2.36. The number of aryl methyl sites for hydroxylation is 1. The predicted octanol–water partition coefficient (Wildman–Crippen LogP) is 4.31. The zero-order valence-corrected chi connectivity index (χ0v) is 23.2. The third-order valence-corrected chi connectivity index (χ3v) is 7.48. The smallest absolute Gasteiger partial charge is 0.257 e. The van der Waals surface area contributed by atoms with Gasteiger partial charge in [-0.1, -0.05) is 48.0 Å². The van der Waals surface area contributed by atoms with Crippen LogP contribution < -0.4 is 14.4 Å². The minimum atomic E-state index is -0.631. The normalized spacial score (nSPS) is 14.1. The highest BCUT2D eigenvalue weighted by Crippen LogP contribution is 2.33. The number of anilines is 1. The number of hydrogen-bond acceptors (Lipinski definition) is 7. The van der Waals surface area contributed by atoms with Crippen LogP contribution in [-0.4, -0.2) is 71.3 Å². The summed E-state index contributed by atoms with van der Waals surface area (Å²) in [7, 11) is 0. The van der Waals surface area contributed by atoms with Crippen LogP contribution >= 0.6 is 0 Å². The third kappa shape index (κ3) is 5.88. The first-order valence-electron chi connectivity index (χ1n) is 13.8. The Morgan fingerprint density at radius 1 is 0.881 bits per heavy atom. The molecule has 0 spiro atoms. The number of aromatic nitrogens is 2. The van der Waals surface area contributed by atoms with Crippen molar-refractivity contribution in [2.75, 3.05) is 44.4 Å². The van der Waals surface area contributed by atoms with Crippen molar-refractivity contribution in [3.8, 4) is 22.8 Å². The highest BCUT2D eigenvalue weighted by atomic mass is 19.1. The second-order valence-electron chi connectivity index (χ2n) is 10.3. The molecule has 0 saturated carbocycles. The van der Waals surface area contributed by atoms with Crippen LogP contribution in [0.1, 0.15) is 21.5 Å². The quantitative estimate of drug-likeness (QED) is 0.329. The summed E-state index contributed by atoms with van der Waals surface area (Å²) < 4.78 is 25.4. The molecule has 0 aliphatic carbocycles. The average molecular weight is 568 g/mol. The monoisotopic (exact) mass is 567 g/mol. The van der Waals surface area contributed by atoms with Gasteiger partial charge in [-0.15, -0.1) is 10.2 Å². The fourth-order valence-electron chi connectivity index (χ4n) is 5.08. The van der Waals surface area contributed by atoms with Crippen LogP contribution in [0.15, 0.2) is 78.9 Å². The van der Waals surface area contributed by atoms with Crippen molar-refractivity contribution in [3.05, 3.63) is 101 Å². The standard InChI is InChI=1S/C32H30FN5O4/c1-22-6-9-24(10-7-22)27-11-13-30(35-34-27)36-14-16-37(17-15-36)31(39)20-38(32(40)25-4-2-3-5-26(25)33)19-23-8-12-28-29(18-23)42-21-41-28/h2-13,18H,14-17,19-21H2,1H3. The molecule has 0 unspecified atom stereocenters. The average Bonchev–Trinajstić information content (AvgIpc) is 3.49. The van der Waals surface area contributed by atoms with E-state index in [1.165, 1.54) is 28.7 Å². The first-order valence-corrected chi connectivity index (χ1v) is 13.8. The molecule has 0 bridgehead atoms. The summed E-state index contributed by atoms with van der Waals surface area (Å²) in [5.74, 6) is 0.547. The second-order valence-corrected chi connectivity index (χ2v) is 10.3. The molecule has 2 aliphatic heterocycles. The van der Waals surface area contributed by atoms with Crippen molar-refractivity contribution in [3.63, 3.8) is 0 Å². The molecule has 1 fully saturated rings. The van der Waals surface area contributed by atoms with Crippen molar-refractivity contribution in [1.82, 2.24) is 20.0 Å². The maximum Gasteiger partial charge on any atom is 0.257 e. The van der Waals surface area contributed by atoms with E-state index in [1.54, 1.807) is 23.1 Å². The molecule has 214 valence electrons. The third-order valence-electron chi connectivity index (χ3n) is 7.48. The maximum atomic E-state index is 14.6. The summed E-state index contributed by atoms with van der Waals surface area (Å²) in [6, 6.07) is 23.2. The van der Waals surface area contributed by atoms with Gasteiger partial charge in [-0.2, -0.15) is 0 Å². The summed E-state index contributed by atoms with van der Waals surface area (Å²) in [5, 5.41) is 8.82. The molecule has 1 saturated heterocycles. The van der Waals surface area contributed by atoms with Crippen molar-refractivity contribution in [2.45, 2.75) is 13.5 Å². The van der Waals surface area contributed by atoms with Gasteiger partial charge in [0.15, 0.2) is 17.3 Å². The van der Waals surface area contributed by atoms with Crippen LogP contribution in [0.5, 0.6) is 11.5 Å².